The van der Waals surface area contributed by atoms with E-state index in [0.29, 0.717) is 11.1 Å². The van der Waals surface area contributed by atoms with E-state index in [0.717, 1.165) is 42.1 Å². The Hall–Kier alpha value is -0.830. The molecule has 1 aromatic heterocycles. The number of nitrogens with zero attached hydrogens (tertiary/aromatic N) is 3. The number of rotatable bonds is 2. The molecule has 0 spiro atoms. The summed E-state index contributed by atoms with van der Waals surface area (Å²) in [5.74, 6) is 4.02. The van der Waals surface area contributed by atoms with Crippen LogP contribution in [-0.2, 0) is 0 Å². The molecule has 2 atom stereocenters. The van der Waals surface area contributed by atoms with Crippen molar-refractivity contribution in [1.29, 1.82) is 0 Å². The maximum absolute atomic E-state index is 6.26. The molecule has 98 valence electrons. The van der Waals surface area contributed by atoms with Gasteiger partial charge in [0, 0.05) is 24.6 Å². The molecule has 3 rings (SSSR count). The zero-order valence-corrected chi connectivity index (χ0v) is 12.0. The van der Waals surface area contributed by atoms with Crippen molar-refractivity contribution in [2.24, 2.45) is 11.8 Å². The molecule has 1 aliphatic heterocycles. The van der Waals surface area contributed by atoms with Crippen molar-refractivity contribution >= 4 is 17.4 Å². The van der Waals surface area contributed by atoms with E-state index in [1.165, 1.54) is 12.8 Å². The molecule has 0 bridgehead atoms. The molecule has 2 unspecified atom stereocenters. The van der Waals surface area contributed by atoms with Crippen LogP contribution in [-0.4, -0.2) is 23.1 Å². The van der Waals surface area contributed by atoms with Gasteiger partial charge in [-0.1, -0.05) is 25.4 Å². The van der Waals surface area contributed by atoms with E-state index in [4.69, 9.17) is 16.6 Å². The number of anilines is 1. The molecule has 0 amide bonds. The van der Waals surface area contributed by atoms with Crippen LogP contribution in [0.4, 0.5) is 5.82 Å². The van der Waals surface area contributed by atoms with E-state index in [1.54, 1.807) is 0 Å². The van der Waals surface area contributed by atoms with Gasteiger partial charge in [-0.2, -0.15) is 0 Å². The number of aromatic nitrogens is 2. The fraction of sp³-hybridized carbons (Fsp3) is 0.714. The predicted octanol–water partition coefficient (Wildman–Crippen LogP) is 3.41. The summed E-state index contributed by atoms with van der Waals surface area (Å²) in [4.78, 5) is 11.6. The van der Waals surface area contributed by atoms with Gasteiger partial charge in [-0.3, -0.25) is 0 Å². The van der Waals surface area contributed by atoms with Crippen LogP contribution in [0.25, 0.3) is 0 Å². The molecule has 2 aliphatic rings. The lowest BCUT2D eigenvalue weighted by atomic mass is 10.0. The molecular weight excluding hydrogens is 246 g/mol. The maximum atomic E-state index is 6.26. The molecule has 1 aliphatic carbocycles. The Bertz CT molecular complexity index is 460. The standard InChI is InChI=1S/C14H20ClN3/c1-8-6-18(7-9(8)2)14-10(3)12(15)16-13(17-14)11-4-5-11/h8-9,11H,4-7H2,1-3H3. The summed E-state index contributed by atoms with van der Waals surface area (Å²) in [6.07, 6.45) is 2.43. The van der Waals surface area contributed by atoms with Gasteiger partial charge in [0.05, 0.1) is 0 Å². The first kappa shape index (κ1) is 12.2. The number of hydrogen-bond acceptors (Lipinski definition) is 3. The van der Waals surface area contributed by atoms with Crippen LogP contribution in [0.1, 0.15) is 44.0 Å². The van der Waals surface area contributed by atoms with Gasteiger partial charge in [0.15, 0.2) is 0 Å². The highest BCUT2D eigenvalue weighted by atomic mass is 35.5. The fourth-order valence-electron chi connectivity index (χ4n) is 2.63. The Morgan fingerprint density at radius 2 is 1.72 bits per heavy atom. The molecule has 3 nitrogen and oxygen atoms in total. The molecule has 18 heavy (non-hydrogen) atoms. The van der Waals surface area contributed by atoms with Crippen LogP contribution in [0.3, 0.4) is 0 Å². The SMILES string of the molecule is Cc1c(Cl)nc(C2CC2)nc1N1CC(C)C(C)C1. The Kier molecular flexibility index (Phi) is 2.97. The summed E-state index contributed by atoms with van der Waals surface area (Å²) >= 11 is 6.26. The average molecular weight is 266 g/mol. The van der Waals surface area contributed by atoms with E-state index in [1.807, 2.05) is 6.92 Å². The highest BCUT2D eigenvalue weighted by Crippen LogP contribution is 2.40. The minimum atomic E-state index is 0.555. The van der Waals surface area contributed by atoms with Crippen LogP contribution in [0.15, 0.2) is 0 Å². The topological polar surface area (TPSA) is 29.0 Å². The molecule has 0 radical (unpaired) electrons. The van der Waals surface area contributed by atoms with Crippen LogP contribution < -0.4 is 4.90 Å². The lowest BCUT2D eigenvalue weighted by molar-refractivity contribution is 0.494. The van der Waals surface area contributed by atoms with Gasteiger partial charge in [0.25, 0.3) is 0 Å². The molecule has 0 aromatic carbocycles. The van der Waals surface area contributed by atoms with E-state index in [9.17, 15) is 0 Å². The van der Waals surface area contributed by atoms with Crippen molar-refractivity contribution in [3.8, 4) is 0 Å². The highest BCUT2D eigenvalue weighted by molar-refractivity contribution is 6.30. The van der Waals surface area contributed by atoms with Crippen molar-refractivity contribution in [3.05, 3.63) is 16.5 Å². The van der Waals surface area contributed by atoms with Gasteiger partial charge in [-0.25, -0.2) is 9.97 Å². The smallest absolute Gasteiger partial charge is 0.137 e. The number of hydrogen-bond donors (Lipinski definition) is 0. The molecule has 4 heteroatoms. The Labute approximate surface area is 114 Å². The van der Waals surface area contributed by atoms with E-state index in [-0.39, 0.29) is 0 Å². The molecular formula is C14H20ClN3. The molecule has 1 aromatic rings. The summed E-state index contributed by atoms with van der Waals surface area (Å²) in [7, 11) is 0. The Balaban J connectivity index is 1.95. The Morgan fingerprint density at radius 1 is 1.11 bits per heavy atom. The average Bonchev–Trinajstić information content (AvgIpc) is 3.11. The summed E-state index contributed by atoms with van der Waals surface area (Å²) in [5.41, 5.74) is 1.03. The summed E-state index contributed by atoms with van der Waals surface area (Å²) < 4.78 is 0. The summed E-state index contributed by atoms with van der Waals surface area (Å²) in [6.45, 7) is 8.82. The van der Waals surface area contributed by atoms with Crippen LogP contribution in [0.2, 0.25) is 5.15 Å². The predicted molar refractivity (Wildman–Crippen MR) is 74.3 cm³/mol. The van der Waals surface area contributed by atoms with E-state index >= 15 is 0 Å². The molecule has 2 fully saturated rings. The second-order valence-corrected chi connectivity index (χ2v) is 6.31. The first-order valence-electron chi connectivity index (χ1n) is 6.85. The van der Waals surface area contributed by atoms with Gasteiger partial charge in [0.1, 0.15) is 16.8 Å². The first-order valence-corrected chi connectivity index (χ1v) is 7.23. The molecule has 1 saturated heterocycles. The lowest BCUT2D eigenvalue weighted by Crippen LogP contribution is -2.23. The third-order valence-electron chi connectivity index (χ3n) is 4.31. The molecule has 2 heterocycles. The van der Waals surface area contributed by atoms with Crippen molar-refractivity contribution in [2.45, 2.75) is 39.5 Å². The lowest BCUT2D eigenvalue weighted by Gasteiger charge is -2.20. The highest BCUT2D eigenvalue weighted by Gasteiger charge is 2.32. The minimum absolute atomic E-state index is 0.555. The quantitative estimate of drug-likeness (QED) is 0.768. The normalized spacial score (nSPS) is 27.9. The zero-order chi connectivity index (χ0) is 12.9. The summed E-state index contributed by atoms with van der Waals surface area (Å²) in [5, 5.41) is 0.633. The second-order valence-electron chi connectivity index (χ2n) is 5.96. The number of halogens is 1. The fourth-order valence-corrected chi connectivity index (χ4v) is 2.80. The van der Waals surface area contributed by atoms with Crippen molar-refractivity contribution < 1.29 is 0 Å². The first-order chi connectivity index (χ1) is 8.56. The third kappa shape index (κ3) is 2.09. The third-order valence-corrected chi connectivity index (χ3v) is 4.68. The monoisotopic (exact) mass is 265 g/mol. The van der Waals surface area contributed by atoms with Crippen molar-refractivity contribution in [1.82, 2.24) is 9.97 Å². The van der Waals surface area contributed by atoms with Crippen LogP contribution in [0, 0.1) is 18.8 Å². The maximum Gasteiger partial charge on any atom is 0.137 e. The van der Waals surface area contributed by atoms with Gasteiger partial charge in [0.2, 0.25) is 0 Å². The molecule has 0 N–H and O–H groups in total. The zero-order valence-electron chi connectivity index (χ0n) is 11.3. The van der Waals surface area contributed by atoms with Crippen LogP contribution >= 0.6 is 11.6 Å². The van der Waals surface area contributed by atoms with Crippen molar-refractivity contribution in [3.63, 3.8) is 0 Å². The molecule has 1 saturated carbocycles. The minimum Gasteiger partial charge on any atom is -0.356 e. The van der Waals surface area contributed by atoms with Crippen LogP contribution in [0.5, 0.6) is 0 Å². The van der Waals surface area contributed by atoms with E-state index in [2.05, 4.69) is 23.7 Å². The Morgan fingerprint density at radius 3 is 2.28 bits per heavy atom. The van der Waals surface area contributed by atoms with E-state index < -0.39 is 0 Å². The largest absolute Gasteiger partial charge is 0.356 e. The second kappa shape index (κ2) is 4.37. The summed E-state index contributed by atoms with van der Waals surface area (Å²) in [6, 6.07) is 0. The van der Waals surface area contributed by atoms with Crippen molar-refractivity contribution in [2.75, 3.05) is 18.0 Å². The van der Waals surface area contributed by atoms with Gasteiger partial charge < -0.3 is 4.90 Å². The van der Waals surface area contributed by atoms with Gasteiger partial charge in [-0.15, -0.1) is 0 Å². The van der Waals surface area contributed by atoms with Gasteiger partial charge in [-0.05, 0) is 31.6 Å². The van der Waals surface area contributed by atoms with Gasteiger partial charge >= 0.3 is 0 Å².